The van der Waals surface area contributed by atoms with E-state index in [1.54, 1.807) is 12.1 Å². The van der Waals surface area contributed by atoms with Crippen molar-refractivity contribution in [2.24, 2.45) is 11.1 Å². The van der Waals surface area contributed by atoms with Crippen molar-refractivity contribution in [3.8, 4) is 11.3 Å². The molecule has 1 aromatic carbocycles. The lowest BCUT2D eigenvalue weighted by atomic mass is 9.83. The smallest absolute Gasteiger partial charge is 0.293 e. The molecule has 2 aliphatic heterocycles. The van der Waals surface area contributed by atoms with Gasteiger partial charge in [0.25, 0.3) is 12.4 Å². The number of nitrogens with one attached hydrogen (secondary N) is 1. The van der Waals surface area contributed by atoms with Gasteiger partial charge in [0.1, 0.15) is 0 Å². The Balaban J connectivity index is 1.51. The first kappa shape index (κ1) is 34.0. The van der Waals surface area contributed by atoms with Gasteiger partial charge < -0.3 is 24.7 Å². The first-order chi connectivity index (χ1) is 22.2. The number of rotatable bonds is 13. The summed E-state index contributed by atoms with van der Waals surface area (Å²) in [5.41, 5.74) is 16.2. The van der Waals surface area contributed by atoms with Gasteiger partial charge in [0.05, 0.1) is 30.1 Å². The van der Waals surface area contributed by atoms with Crippen molar-refractivity contribution in [1.82, 2.24) is 24.9 Å². The van der Waals surface area contributed by atoms with Crippen molar-refractivity contribution < 1.29 is 19.1 Å². The average molecular weight is 633 g/mol. The Hall–Kier alpha value is -3.31. The van der Waals surface area contributed by atoms with E-state index >= 15 is 0 Å². The second-order valence-electron chi connectivity index (χ2n) is 13.7. The highest BCUT2D eigenvalue weighted by atomic mass is 16.5. The summed E-state index contributed by atoms with van der Waals surface area (Å²) in [4.78, 5) is 31.3. The monoisotopic (exact) mass is 632 g/mol. The minimum absolute atomic E-state index is 0.0138. The number of pyridine rings is 1. The number of aromatic nitrogens is 2. The van der Waals surface area contributed by atoms with E-state index in [1.165, 1.54) is 22.0 Å². The van der Waals surface area contributed by atoms with Gasteiger partial charge in [-0.1, -0.05) is 19.9 Å². The highest BCUT2D eigenvalue weighted by molar-refractivity contribution is 5.93. The Labute approximate surface area is 273 Å². The topological polar surface area (TPSA) is 115 Å². The zero-order chi connectivity index (χ0) is 32.8. The maximum Gasteiger partial charge on any atom is 0.293 e. The fourth-order valence-corrected chi connectivity index (χ4v) is 7.28. The molecule has 2 fully saturated rings. The van der Waals surface area contributed by atoms with E-state index in [9.17, 15) is 9.59 Å². The van der Waals surface area contributed by atoms with Gasteiger partial charge in [-0.25, -0.2) is 5.43 Å². The van der Waals surface area contributed by atoms with Gasteiger partial charge in [-0.15, -0.1) is 0 Å². The van der Waals surface area contributed by atoms with E-state index in [4.69, 9.17) is 20.2 Å². The number of hydrogen-bond acceptors (Lipinski definition) is 8. The van der Waals surface area contributed by atoms with Crippen molar-refractivity contribution in [3.05, 3.63) is 53.3 Å². The van der Waals surface area contributed by atoms with Crippen molar-refractivity contribution >= 4 is 23.3 Å². The second kappa shape index (κ2) is 15.1. The Morgan fingerprint density at radius 2 is 2.04 bits per heavy atom. The molecular weight excluding hydrogens is 580 g/mol. The molecule has 3 atom stereocenters. The molecular formula is C36H52N6O4. The maximum absolute atomic E-state index is 13.0. The number of hydrazine groups is 1. The number of nitrogens with two attached hydrogens (primary N) is 1. The normalized spacial score (nSPS) is 19.3. The predicted molar refractivity (Wildman–Crippen MR) is 181 cm³/mol. The molecule has 250 valence electrons. The van der Waals surface area contributed by atoms with Crippen LogP contribution >= 0.6 is 0 Å². The van der Waals surface area contributed by atoms with Crippen LogP contribution < -0.4 is 11.2 Å². The fraction of sp³-hybridized carbons (Fsp3) is 0.583. The third-order valence-electron chi connectivity index (χ3n) is 9.66. The summed E-state index contributed by atoms with van der Waals surface area (Å²) < 4.78 is 13.4. The third-order valence-corrected chi connectivity index (χ3v) is 9.66. The molecule has 5 rings (SSSR count). The van der Waals surface area contributed by atoms with Crippen molar-refractivity contribution in [3.63, 3.8) is 0 Å². The van der Waals surface area contributed by atoms with Crippen LogP contribution in [0.3, 0.4) is 0 Å². The SMILES string of the molecule is CCn1c(-c2cccnc2C(C)OC)c(CC(C)(C)COC=O)c2cc(C3CCCN(CC(N)C(=O)N4CCCCN4)C3)ccc21. The fourth-order valence-electron chi connectivity index (χ4n) is 7.28. The van der Waals surface area contributed by atoms with Crippen LogP contribution in [0.1, 0.15) is 82.2 Å². The Bertz CT molecular complexity index is 1500. The molecule has 0 aliphatic carbocycles. The van der Waals surface area contributed by atoms with Gasteiger partial charge in [0.2, 0.25) is 0 Å². The summed E-state index contributed by atoms with van der Waals surface area (Å²) >= 11 is 0. The summed E-state index contributed by atoms with van der Waals surface area (Å²) in [6.07, 6.45) is 6.61. The molecule has 0 saturated carbocycles. The Kier molecular flexibility index (Phi) is 11.1. The van der Waals surface area contributed by atoms with E-state index in [0.717, 1.165) is 81.8 Å². The summed E-state index contributed by atoms with van der Waals surface area (Å²) in [6, 6.07) is 10.5. The number of amides is 1. The van der Waals surface area contributed by atoms with Crippen LogP contribution in [0, 0.1) is 5.41 Å². The first-order valence-corrected chi connectivity index (χ1v) is 16.9. The molecule has 46 heavy (non-hydrogen) atoms. The van der Waals surface area contributed by atoms with E-state index < -0.39 is 6.04 Å². The van der Waals surface area contributed by atoms with E-state index in [1.807, 2.05) is 19.2 Å². The van der Waals surface area contributed by atoms with Crippen LogP contribution in [0.5, 0.6) is 0 Å². The lowest BCUT2D eigenvalue weighted by Crippen LogP contribution is -2.56. The molecule has 4 heterocycles. The standard InChI is InChI=1S/C36H52N6O4/c1-6-41-32-14-13-26(27-11-10-17-40(21-27)22-31(37)35(44)42-18-8-7-16-39-42)19-29(32)30(20-36(3,4)23-46-24-43)34(41)28-12-9-15-38-33(28)25(2)45-5/h9,12-15,19,24-25,27,31,39H,6-8,10-11,16-18,20-23,37H2,1-5H3. The molecule has 3 unspecified atom stereocenters. The third kappa shape index (κ3) is 7.46. The highest BCUT2D eigenvalue weighted by Gasteiger charge is 2.31. The molecule has 3 N–H and O–H groups in total. The summed E-state index contributed by atoms with van der Waals surface area (Å²) in [6.45, 7) is 14.1. The van der Waals surface area contributed by atoms with Gasteiger partial charge in [-0.2, -0.15) is 0 Å². The Morgan fingerprint density at radius 3 is 2.76 bits per heavy atom. The first-order valence-electron chi connectivity index (χ1n) is 16.9. The zero-order valence-electron chi connectivity index (χ0n) is 28.3. The molecule has 0 bridgehead atoms. The molecule has 10 nitrogen and oxygen atoms in total. The number of aryl methyl sites for hydroxylation is 1. The van der Waals surface area contributed by atoms with Crippen LogP contribution in [0.15, 0.2) is 36.5 Å². The van der Waals surface area contributed by atoms with E-state index in [0.29, 0.717) is 25.5 Å². The second-order valence-corrected chi connectivity index (χ2v) is 13.7. The van der Waals surface area contributed by atoms with Crippen LogP contribution in [-0.4, -0.2) is 84.3 Å². The molecule has 3 aromatic rings. The van der Waals surface area contributed by atoms with E-state index in [2.05, 4.69) is 59.9 Å². The number of carbonyl (C=O) groups is 2. The van der Waals surface area contributed by atoms with Crippen molar-refractivity contribution in [1.29, 1.82) is 0 Å². The van der Waals surface area contributed by atoms with Crippen molar-refractivity contribution in [2.75, 3.05) is 46.4 Å². The molecule has 0 spiro atoms. The van der Waals surface area contributed by atoms with Crippen LogP contribution in [0.4, 0.5) is 0 Å². The number of methoxy groups -OCH3 is 1. The number of nitrogens with zero attached hydrogens (tertiary/aromatic N) is 4. The molecule has 10 heteroatoms. The molecule has 2 saturated heterocycles. The number of benzene rings is 1. The minimum atomic E-state index is -0.543. The largest absolute Gasteiger partial charge is 0.467 e. The number of carbonyl (C=O) groups excluding carboxylic acids is 2. The average Bonchev–Trinajstić information content (AvgIpc) is 3.38. The lowest BCUT2D eigenvalue weighted by Gasteiger charge is -2.36. The molecule has 2 aliphatic rings. The summed E-state index contributed by atoms with van der Waals surface area (Å²) in [7, 11) is 1.71. The molecule has 2 aromatic heterocycles. The van der Waals surface area contributed by atoms with Crippen LogP contribution in [0.25, 0.3) is 22.2 Å². The van der Waals surface area contributed by atoms with Gasteiger partial charge in [0, 0.05) is 67.9 Å². The molecule has 0 radical (unpaired) electrons. The van der Waals surface area contributed by atoms with Gasteiger partial charge in [-0.05, 0) is 93.8 Å². The van der Waals surface area contributed by atoms with Gasteiger partial charge >= 0.3 is 0 Å². The predicted octanol–water partition coefficient (Wildman–Crippen LogP) is 4.81. The quantitative estimate of drug-likeness (QED) is 0.258. The maximum atomic E-state index is 13.0. The van der Waals surface area contributed by atoms with Crippen molar-refractivity contribution in [2.45, 2.75) is 84.4 Å². The number of likely N-dealkylation sites (tertiary alicyclic amines) is 1. The lowest BCUT2D eigenvalue weighted by molar-refractivity contribution is -0.137. The number of hydrogen-bond donors (Lipinski definition) is 2. The van der Waals surface area contributed by atoms with Gasteiger partial charge in [0.15, 0.2) is 0 Å². The Morgan fingerprint density at radius 1 is 1.22 bits per heavy atom. The minimum Gasteiger partial charge on any atom is -0.467 e. The zero-order valence-corrected chi connectivity index (χ0v) is 28.3. The number of fused-ring (bicyclic) bond motifs is 1. The molecule has 1 amide bonds. The van der Waals surface area contributed by atoms with Crippen LogP contribution in [-0.2, 0) is 32.0 Å². The number of piperidine rings is 1. The highest BCUT2D eigenvalue weighted by Crippen LogP contribution is 2.42. The number of ether oxygens (including phenoxy) is 2. The van der Waals surface area contributed by atoms with Gasteiger partial charge in [-0.3, -0.25) is 19.6 Å². The summed E-state index contributed by atoms with van der Waals surface area (Å²) in [5.74, 6) is 0.323. The van der Waals surface area contributed by atoms with E-state index in [-0.39, 0.29) is 17.4 Å². The van der Waals surface area contributed by atoms with Crippen LogP contribution in [0.2, 0.25) is 0 Å². The summed E-state index contributed by atoms with van der Waals surface area (Å²) in [5, 5.41) is 2.93.